The lowest BCUT2D eigenvalue weighted by molar-refractivity contribution is -0.0662. The van der Waals surface area contributed by atoms with E-state index in [1.165, 1.54) is 5.56 Å². The van der Waals surface area contributed by atoms with Crippen LogP contribution in [0.15, 0.2) is 72.8 Å². The Kier molecular flexibility index (Phi) is 47.9. The molecule has 524 valence electrons. The number of anilines is 3. The smallest absolute Gasteiger partial charge is 0.0781 e. The first-order valence-corrected chi connectivity index (χ1v) is 32.7. The topological polar surface area (TPSA) is 238 Å². The van der Waals surface area contributed by atoms with Crippen molar-refractivity contribution < 1.29 is 96.2 Å². The summed E-state index contributed by atoms with van der Waals surface area (Å²) >= 11 is 0. The Labute approximate surface area is 544 Å². The molecular formula is C68H117N3O20. The van der Waals surface area contributed by atoms with Crippen molar-refractivity contribution in [1.29, 1.82) is 0 Å². The highest BCUT2D eigenvalue weighted by molar-refractivity contribution is 5.56. The van der Waals surface area contributed by atoms with Crippen molar-refractivity contribution in [3.05, 3.63) is 89.5 Å². The van der Waals surface area contributed by atoms with E-state index in [1.807, 2.05) is 55.6 Å². The van der Waals surface area contributed by atoms with E-state index in [9.17, 15) is 5.11 Å². The molecular weight excluding hydrogens is 1180 g/mol. The second-order valence-corrected chi connectivity index (χ2v) is 22.5. The highest BCUT2D eigenvalue weighted by Crippen LogP contribution is 2.35. The molecule has 23 nitrogen and oxygen atoms in total. The zero-order valence-corrected chi connectivity index (χ0v) is 56.5. The maximum atomic E-state index is 9.46. The average molecular weight is 1300 g/mol. The van der Waals surface area contributed by atoms with Gasteiger partial charge in [-0.15, -0.1) is 0 Å². The van der Waals surface area contributed by atoms with E-state index in [0.29, 0.717) is 172 Å². The molecule has 0 bridgehead atoms. The number of ether oxygens (including phenoxy) is 16. The van der Waals surface area contributed by atoms with Crippen LogP contribution >= 0.6 is 0 Å². The Hall–Kier alpha value is -3.74. The van der Waals surface area contributed by atoms with Crippen molar-refractivity contribution in [1.82, 2.24) is 0 Å². The fourth-order valence-corrected chi connectivity index (χ4v) is 9.01. The van der Waals surface area contributed by atoms with Gasteiger partial charge in [0.25, 0.3) is 0 Å². The number of hydrogen-bond acceptors (Lipinski definition) is 23. The van der Waals surface area contributed by atoms with Crippen LogP contribution in [-0.4, -0.2) is 295 Å². The van der Waals surface area contributed by atoms with Crippen LogP contribution in [0.4, 0.5) is 17.1 Å². The maximum Gasteiger partial charge on any atom is 0.0781 e. The minimum atomic E-state index is -0.515. The lowest BCUT2D eigenvalue weighted by Crippen LogP contribution is -2.32. The quantitative estimate of drug-likeness (QED) is 0.0403. The van der Waals surface area contributed by atoms with Crippen molar-refractivity contribution in [2.24, 2.45) is 0 Å². The molecule has 23 heteroatoms. The van der Waals surface area contributed by atoms with Crippen LogP contribution in [0.25, 0.3) is 0 Å². The van der Waals surface area contributed by atoms with E-state index < -0.39 is 6.10 Å². The number of aliphatic hydroxyl groups excluding tert-OH is 4. The van der Waals surface area contributed by atoms with Crippen LogP contribution in [0.3, 0.4) is 0 Å². The van der Waals surface area contributed by atoms with Gasteiger partial charge in [-0.1, -0.05) is 36.4 Å². The summed E-state index contributed by atoms with van der Waals surface area (Å²) in [6, 6.07) is 26.4. The highest BCUT2D eigenvalue weighted by atomic mass is 16.6. The van der Waals surface area contributed by atoms with Crippen LogP contribution in [0.1, 0.15) is 71.1 Å². The highest BCUT2D eigenvalue weighted by Gasteiger charge is 2.20. The minimum absolute atomic E-state index is 0.0178. The SMILES string of the molecule is CC(O)COC(C)COCCOCCOCCN(CCOCCOCCOCC(C)OCCO)c1ccc(C(c2ccc(N(C)C)cc2)c2ccc(N(CCOCCOCC(C)OCC(C)OCCO)CCOCCOCC(C)OCC(C)OCCO)cc2)cc1. The fraction of sp³-hybridized carbons (Fsp3) is 0.735. The van der Waals surface area contributed by atoms with Gasteiger partial charge in [0, 0.05) is 63.3 Å². The zero-order valence-electron chi connectivity index (χ0n) is 56.5. The van der Waals surface area contributed by atoms with Gasteiger partial charge in [-0.05, 0) is 102 Å². The second-order valence-electron chi connectivity index (χ2n) is 22.5. The molecule has 0 fully saturated rings. The molecule has 3 rings (SSSR count). The van der Waals surface area contributed by atoms with Crippen LogP contribution in [0.5, 0.6) is 0 Å². The second kappa shape index (κ2) is 53.5. The summed E-state index contributed by atoms with van der Waals surface area (Å²) in [6.45, 7) is 26.5. The Balaban J connectivity index is 1.73. The zero-order chi connectivity index (χ0) is 65.9. The number of hydrogen-bond donors (Lipinski definition) is 4. The third-order valence-corrected chi connectivity index (χ3v) is 13.9. The van der Waals surface area contributed by atoms with Gasteiger partial charge >= 0.3 is 0 Å². The number of aliphatic hydroxyl groups is 4. The number of nitrogens with zero attached hydrogens (tertiary/aromatic N) is 3. The van der Waals surface area contributed by atoms with E-state index in [4.69, 9.17) is 91.1 Å². The average Bonchev–Trinajstić information content (AvgIpc) is 1.53. The molecule has 0 spiro atoms. The predicted octanol–water partition coefficient (Wildman–Crippen LogP) is 5.50. The van der Waals surface area contributed by atoms with Gasteiger partial charge in [0.05, 0.1) is 234 Å². The molecule has 0 saturated carbocycles. The van der Waals surface area contributed by atoms with Crippen molar-refractivity contribution in [2.75, 3.05) is 247 Å². The number of benzene rings is 3. The molecule has 0 radical (unpaired) electrons. The first kappa shape index (κ1) is 81.5. The molecule has 8 unspecified atom stereocenters. The van der Waals surface area contributed by atoms with E-state index in [0.717, 1.165) is 28.2 Å². The summed E-state index contributed by atoms with van der Waals surface area (Å²) in [5.74, 6) is -0.0719. The van der Waals surface area contributed by atoms with Crippen LogP contribution < -0.4 is 14.7 Å². The van der Waals surface area contributed by atoms with E-state index in [1.54, 1.807) is 6.92 Å². The van der Waals surface area contributed by atoms with E-state index in [2.05, 4.69) is 87.5 Å². The van der Waals surface area contributed by atoms with E-state index in [-0.39, 0.29) is 88.8 Å². The fourth-order valence-electron chi connectivity index (χ4n) is 9.01. The van der Waals surface area contributed by atoms with Crippen molar-refractivity contribution in [2.45, 2.75) is 97.1 Å². The Morgan fingerprint density at radius 1 is 0.286 bits per heavy atom. The third-order valence-electron chi connectivity index (χ3n) is 13.9. The summed E-state index contributed by atoms with van der Waals surface area (Å²) in [4.78, 5) is 6.66. The molecule has 4 N–H and O–H groups in total. The van der Waals surface area contributed by atoms with Gasteiger partial charge in [0.15, 0.2) is 0 Å². The lowest BCUT2D eigenvalue weighted by atomic mass is 9.85. The van der Waals surface area contributed by atoms with Gasteiger partial charge in [-0.2, -0.15) is 0 Å². The largest absolute Gasteiger partial charge is 0.394 e. The van der Waals surface area contributed by atoms with Crippen molar-refractivity contribution in [3.63, 3.8) is 0 Å². The summed E-state index contributed by atoms with van der Waals surface area (Å²) in [5, 5.41) is 36.5. The molecule has 0 aliphatic carbocycles. The van der Waals surface area contributed by atoms with Crippen LogP contribution in [-0.2, 0) is 75.8 Å². The molecule has 0 saturated heterocycles. The number of rotatable bonds is 62. The van der Waals surface area contributed by atoms with Gasteiger partial charge in [-0.25, -0.2) is 0 Å². The monoisotopic (exact) mass is 1300 g/mol. The predicted molar refractivity (Wildman–Crippen MR) is 353 cm³/mol. The van der Waals surface area contributed by atoms with Gasteiger partial charge < -0.3 is 111 Å². The standard InChI is InChI=1S/C68H117N3O20/c1-55(75)48-89-57(3)50-85-47-43-81-39-37-77-30-23-70(22-29-76-36-38-80-42-46-82-49-56(2)86-33-26-72)66-18-12-63(13-19-66)68(62-10-16-65(17-11-62)69(8)9)64-14-20-67(21-15-64)71(24-31-78-40-44-83-51-58(4)90-53-60(6)87-34-27-73)25-32-79-41-45-84-52-59(5)91-54-61(7)88-35-28-74/h10-21,55-61,68,72-75H,22-54H2,1-9H3. The third kappa shape index (κ3) is 40.3. The molecule has 0 aromatic heterocycles. The summed E-state index contributed by atoms with van der Waals surface area (Å²) in [6.07, 6.45) is -1.20. The first-order chi connectivity index (χ1) is 44.2. The molecule has 0 aliphatic rings. The normalized spacial score (nSPS) is 14.5. The molecule has 0 amide bonds. The van der Waals surface area contributed by atoms with Gasteiger partial charge in [-0.3, -0.25) is 0 Å². The first-order valence-electron chi connectivity index (χ1n) is 32.7. The summed E-state index contributed by atoms with van der Waals surface area (Å²) in [5.41, 5.74) is 6.66. The van der Waals surface area contributed by atoms with Crippen LogP contribution in [0.2, 0.25) is 0 Å². The van der Waals surface area contributed by atoms with E-state index >= 15 is 0 Å². The molecule has 0 aliphatic heterocycles. The molecule has 8 atom stereocenters. The Morgan fingerprint density at radius 3 is 0.802 bits per heavy atom. The Morgan fingerprint density at radius 2 is 0.527 bits per heavy atom. The van der Waals surface area contributed by atoms with Crippen molar-refractivity contribution in [3.8, 4) is 0 Å². The van der Waals surface area contributed by atoms with Gasteiger partial charge in [0.1, 0.15) is 0 Å². The molecule has 3 aromatic rings. The molecule has 0 heterocycles. The molecule has 91 heavy (non-hydrogen) atoms. The van der Waals surface area contributed by atoms with Crippen molar-refractivity contribution >= 4 is 17.1 Å². The lowest BCUT2D eigenvalue weighted by Gasteiger charge is -2.27. The summed E-state index contributed by atoms with van der Waals surface area (Å²) in [7, 11) is 4.10. The summed E-state index contributed by atoms with van der Waals surface area (Å²) < 4.78 is 92.6. The van der Waals surface area contributed by atoms with Gasteiger partial charge in [0.2, 0.25) is 0 Å². The Bertz CT molecular complexity index is 2070. The van der Waals surface area contributed by atoms with Crippen LogP contribution in [0, 0.1) is 0 Å². The maximum absolute atomic E-state index is 9.46. The minimum Gasteiger partial charge on any atom is -0.394 e. The molecule has 3 aromatic carbocycles.